The Morgan fingerprint density at radius 2 is 1.91 bits per heavy atom. The number of carboxylic acid groups (broad SMARTS) is 1. The fraction of sp³-hybridized carbons (Fsp3) is 0.429. The quantitative estimate of drug-likeness (QED) is 0.752. The molecule has 1 aromatic carbocycles. The smallest absolute Gasteiger partial charge is 0.416 e. The lowest BCUT2D eigenvalue weighted by Crippen LogP contribution is -2.44. The number of amides is 1. The highest BCUT2D eigenvalue weighted by atomic mass is 19.4. The summed E-state index contributed by atoms with van der Waals surface area (Å²) in [5.41, 5.74) is -0.690. The average Bonchev–Trinajstić information content (AvgIpc) is 2.41. The van der Waals surface area contributed by atoms with E-state index in [0.29, 0.717) is 0 Å². The van der Waals surface area contributed by atoms with E-state index in [1.165, 1.54) is 12.1 Å². The third-order valence-electron chi connectivity index (χ3n) is 2.88. The zero-order valence-corrected chi connectivity index (χ0v) is 12.1. The van der Waals surface area contributed by atoms with Crippen LogP contribution in [0.3, 0.4) is 0 Å². The van der Waals surface area contributed by atoms with Crippen LogP contribution in [0.2, 0.25) is 0 Å². The summed E-state index contributed by atoms with van der Waals surface area (Å²) in [6, 6.07) is 3.63. The van der Waals surface area contributed by atoms with Crippen LogP contribution in [-0.2, 0) is 15.8 Å². The van der Waals surface area contributed by atoms with Crippen molar-refractivity contribution in [2.45, 2.75) is 26.1 Å². The van der Waals surface area contributed by atoms with E-state index >= 15 is 0 Å². The number of benzene rings is 1. The first-order valence-electron chi connectivity index (χ1n) is 6.54. The van der Waals surface area contributed by atoms with Crippen LogP contribution in [0.25, 0.3) is 0 Å². The Morgan fingerprint density at radius 1 is 1.27 bits per heavy atom. The van der Waals surface area contributed by atoms with Crippen molar-refractivity contribution < 1.29 is 27.9 Å². The minimum atomic E-state index is -4.48. The van der Waals surface area contributed by atoms with Gasteiger partial charge in [-0.15, -0.1) is 0 Å². The number of alkyl halides is 3. The number of carbonyl (C=O) groups is 2. The summed E-state index contributed by atoms with van der Waals surface area (Å²) in [6.07, 6.45) is -4.48. The van der Waals surface area contributed by atoms with E-state index in [1.807, 2.05) is 0 Å². The monoisotopic (exact) mass is 318 g/mol. The minimum absolute atomic E-state index is 0.138. The van der Waals surface area contributed by atoms with Gasteiger partial charge in [-0.2, -0.15) is 13.2 Å². The summed E-state index contributed by atoms with van der Waals surface area (Å²) in [5, 5.41) is 13.5. The molecule has 0 fully saturated rings. The molecule has 1 rings (SSSR count). The van der Waals surface area contributed by atoms with Crippen molar-refractivity contribution >= 4 is 17.6 Å². The number of rotatable bonds is 6. The number of carboxylic acids is 1. The first-order chi connectivity index (χ1) is 10.1. The van der Waals surface area contributed by atoms with Crippen molar-refractivity contribution in [3.63, 3.8) is 0 Å². The maximum absolute atomic E-state index is 12.7. The zero-order valence-electron chi connectivity index (χ0n) is 12.1. The van der Waals surface area contributed by atoms with Crippen LogP contribution in [0.4, 0.5) is 18.9 Å². The highest BCUT2D eigenvalue weighted by molar-refractivity contribution is 5.87. The minimum Gasteiger partial charge on any atom is -0.480 e. The summed E-state index contributed by atoms with van der Waals surface area (Å²) >= 11 is 0. The van der Waals surface area contributed by atoms with Crippen molar-refractivity contribution in [3.05, 3.63) is 29.8 Å². The van der Waals surface area contributed by atoms with Gasteiger partial charge in [-0.25, -0.2) is 0 Å². The molecular formula is C14H17F3N2O3. The second-order valence-electron chi connectivity index (χ2n) is 5.06. The van der Waals surface area contributed by atoms with Gasteiger partial charge in [-0.3, -0.25) is 9.59 Å². The average molecular weight is 318 g/mol. The van der Waals surface area contributed by atoms with Gasteiger partial charge in [0.15, 0.2) is 0 Å². The van der Waals surface area contributed by atoms with Gasteiger partial charge in [-0.1, -0.05) is 19.9 Å². The topological polar surface area (TPSA) is 78.4 Å². The lowest BCUT2D eigenvalue weighted by atomic mass is 10.0. The maximum Gasteiger partial charge on any atom is 0.416 e. The second kappa shape index (κ2) is 7.15. The third kappa shape index (κ3) is 5.27. The lowest BCUT2D eigenvalue weighted by molar-refractivity contribution is -0.138. The Bertz CT molecular complexity index is 544. The molecule has 0 aliphatic heterocycles. The predicted molar refractivity (Wildman–Crippen MR) is 74.3 cm³/mol. The van der Waals surface area contributed by atoms with Crippen molar-refractivity contribution in [2.75, 3.05) is 11.9 Å². The van der Waals surface area contributed by atoms with Crippen molar-refractivity contribution in [1.29, 1.82) is 0 Å². The number of carbonyl (C=O) groups excluding carboxylic acids is 1. The number of aliphatic carboxylic acids is 1. The largest absolute Gasteiger partial charge is 0.480 e. The van der Waals surface area contributed by atoms with Gasteiger partial charge in [0.2, 0.25) is 5.91 Å². The Hall–Kier alpha value is -2.25. The molecule has 8 heteroatoms. The van der Waals surface area contributed by atoms with Gasteiger partial charge in [0.25, 0.3) is 0 Å². The van der Waals surface area contributed by atoms with Crippen LogP contribution in [0, 0.1) is 5.92 Å². The molecule has 0 saturated heterocycles. The van der Waals surface area contributed by atoms with Gasteiger partial charge in [0.1, 0.15) is 12.6 Å². The molecule has 0 saturated carbocycles. The van der Waals surface area contributed by atoms with Crippen LogP contribution in [0.1, 0.15) is 19.4 Å². The summed E-state index contributed by atoms with van der Waals surface area (Å²) in [7, 11) is 0. The van der Waals surface area contributed by atoms with E-state index in [9.17, 15) is 22.8 Å². The summed E-state index contributed by atoms with van der Waals surface area (Å²) in [4.78, 5) is 22.4. The van der Waals surface area contributed by atoms with Crippen LogP contribution < -0.4 is 10.6 Å². The molecule has 0 aromatic heterocycles. The maximum atomic E-state index is 12.7. The number of hydrogen-bond acceptors (Lipinski definition) is 3. The normalized spacial score (nSPS) is 12.8. The highest BCUT2D eigenvalue weighted by Gasteiger charge is 2.31. The van der Waals surface area contributed by atoms with Crippen LogP contribution in [0.15, 0.2) is 24.3 Å². The highest BCUT2D eigenvalue weighted by Crippen LogP contribution is 2.31. The third-order valence-corrected chi connectivity index (χ3v) is 2.88. The fourth-order valence-corrected chi connectivity index (χ4v) is 1.77. The van der Waals surface area contributed by atoms with E-state index in [2.05, 4.69) is 10.6 Å². The van der Waals surface area contributed by atoms with Gasteiger partial charge in [0, 0.05) is 5.69 Å². The van der Waals surface area contributed by atoms with Crippen molar-refractivity contribution in [1.82, 2.24) is 5.32 Å². The Morgan fingerprint density at radius 3 is 2.41 bits per heavy atom. The van der Waals surface area contributed by atoms with Crippen molar-refractivity contribution in [2.24, 2.45) is 5.92 Å². The number of anilines is 1. The summed E-state index contributed by atoms with van der Waals surface area (Å²) in [5.74, 6) is -2.03. The molecule has 0 aliphatic carbocycles. The standard InChI is InChI=1S/C14H17F3N2O3/c1-8(2)12(13(22)18-7-11(20)21)19-10-5-3-4-9(6-10)14(15,16)17/h3-6,8,12,19H,7H2,1-2H3,(H,18,22)(H,20,21)/t12-/m0/s1. The Balaban J connectivity index is 2.87. The molecule has 1 aromatic rings. The number of nitrogens with one attached hydrogen (secondary N) is 2. The van der Waals surface area contributed by atoms with Crippen LogP contribution >= 0.6 is 0 Å². The molecule has 0 unspecified atom stereocenters. The number of hydrogen-bond donors (Lipinski definition) is 3. The first kappa shape index (κ1) is 17.8. The van der Waals surface area contributed by atoms with Crippen LogP contribution in [0.5, 0.6) is 0 Å². The van der Waals surface area contributed by atoms with Crippen molar-refractivity contribution in [3.8, 4) is 0 Å². The fourth-order valence-electron chi connectivity index (χ4n) is 1.77. The molecule has 0 bridgehead atoms. The molecule has 0 heterocycles. The molecule has 1 amide bonds. The Kier molecular flexibility index (Phi) is 5.78. The van der Waals surface area contributed by atoms with Gasteiger partial charge in [0.05, 0.1) is 5.56 Å². The molecular weight excluding hydrogens is 301 g/mol. The van der Waals surface area contributed by atoms with Gasteiger partial charge < -0.3 is 15.7 Å². The van der Waals surface area contributed by atoms with E-state index < -0.39 is 36.2 Å². The lowest BCUT2D eigenvalue weighted by Gasteiger charge is -2.23. The summed E-state index contributed by atoms with van der Waals surface area (Å²) in [6.45, 7) is 2.85. The van der Waals surface area contributed by atoms with Crippen LogP contribution in [-0.4, -0.2) is 29.6 Å². The zero-order chi connectivity index (χ0) is 16.9. The van der Waals surface area contributed by atoms with E-state index in [0.717, 1.165) is 12.1 Å². The predicted octanol–water partition coefficient (Wildman–Crippen LogP) is 2.34. The van der Waals surface area contributed by atoms with Gasteiger partial charge >= 0.3 is 12.1 Å². The molecule has 0 spiro atoms. The SMILES string of the molecule is CC(C)[C@H](Nc1cccc(C(F)(F)F)c1)C(=O)NCC(=O)O. The van der Waals surface area contributed by atoms with Gasteiger partial charge in [-0.05, 0) is 24.1 Å². The van der Waals surface area contributed by atoms with E-state index in [-0.39, 0.29) is 11.6 Å². The molecule has 22 heavy (non-hydrogen) atoms. The molecule has 3 N–H and O–H groups in total. The van der Waals surface area contributed by atoms with E-state index in [4.69, 9.17) is 5.11 Å². The van der Waals surface area contributed by atoms with E-state index in [1.54, 1.807) is 13.8 Å². The Labute approximate surface area is 125 Å². The molecule has 122 valence electrons. The molecule has 0 radical (unpaired) electrons. The first-order valence-corrected chi connectivity index (χ1v) is 6.54. The summed E-state index contributed by atoms with van der Waals surface area (Å²) < 4.78 is 38.0. The molecule has 5 nitrogen and oxygen atoms in total. The molecule has 0 aliphatic rings. The molecule has 1 atom stereocenters. The second-order valence-corrected chi connectivity index (χ2v) is 5.06. The number of halogens is 3.